The molecule has 0 saturated carbocycles. The highest BCUT2D eigenvalue weighted by Crippen LogP contribution is 2.26. The van der Waals surface area contributed by atoms with Crippen molar-refractivity contribution in [3.05, 3.63) is 54.1 Å². The predicted molar refractivity (Wildman–Crippen MR) is 81.2 cm³/mol. The van der Waals surface area contributed by atoms with E-state index in [9.17, 15) is 4.79 Å². The van der Waals surface area contributed by atoms with E-state index in [1.807, 2.05) is 48.5 Å². The molecule has 0 heterocycles. The number of benzene rings is 2. The van der Waals surface area contributed by atoms with E-state index in [1.54, 1.807) is 11.8 Å². The maximum Gasteiger partial charge on any atom is 0.221 e. The molecule has 0 spiro atoms. The zero-order chi connectivity index (χ0) is 13.7. The largest absolute Gasteiger partial charge is 0.398 e. The highest BCUT2D eigenvalue weighted by molar-refractivity contribution is 7.98. The molecule has 3 nitrogen and oxygen atoms in total. The number of amides is 1. The first-order chi connectivity index (χ1) is 9.15. The quantitative estimate of drug-likeness (QED) is 0.661. The van der Waals surface area contributed by atoms with Gasteiger partial charge in [0.25, 0.3) is 0 Å². The monoisotopic (exact) mass is 272 g/mol. The predicted octanol–water partition coefficient (Wildman–Crippen LogP) is 3.52. The van der Waals surface area contributed by atoms with Gasteiger partial charge in [-0.3, -0.25) is 4.79 Å². The molecule has 4 heteroatoms. The summed E-state index contributed by atoms with van der Waals surface area (Å²) in [5.41, 5.74) is 8.68. The van der Waals surface area contributed by atoms with Crippen LogP contribution in [-0.2, 0) is 10.5 Å². The lowest BCUT2D eigenvalue weighted by Crippen LogP contribution is -2.05. The van der Waals surface area contributed by atoms with E-state index in [2.05, 4.69) is 5.32 Å². The van der Waals surface area contributed by atoms with Crippen LogP contribution in [0.25, 0.3) is 0 Å². The average Bonchev–Trinajstić information content (AvgIpc) is 2.39. The van der Waals surface area contributed by atoms with Gasteiger partial charge in [-0.25, -0.2) is 0 Å². The molecule has 0 fully saturated rings. The van der Waals surface area contributed by atoms with Crippen LogP contribution in [0.2, 0.25) is 0 Å². The number of thioether (sulfide) groups is 1. The van der Waals surface area contributed by atoms with Gasteiger partial charge in [0.05, 0.1) is 0 Å². The Bertz CT molecular complexity index is 567. The van der Waals surface area contributed by atoms with E-state index in [-0.39, 0.29) is 5.91 Å². The summed E-state index contributed by atoms with van der Waals surface area (Å²) in [5.74, 6) is 0.782. The van der Waals surface area contributed by atoms with Crippen LogP contribution in [0.3, 0.4) is 0 Å². The second-order valence-corrected chi connectivity index (χ2v) is 5.24. The summed E-state index contributed by atoms with van der Waals surface area (Å²) in [7, 11) is 0. The molecule has 2 aromatic carbocycles. The van der Waals surface area contributed by atoms with Gasteiger partial charge in [0.1, 0.15) is 0 Å². The van der Waals surface area contributed by atoms with Crippen LogP contribution in [0.4, 0.5) is 11.4 Å². The average molecular weight is 272 g/mol. The van der Waals surface area contributed by atoms with Gasteiger partial charge in [-0.2, -0.15) is 0 Å². The second kappa shape index (κ2) is 6.29. The van der Waals surface area contributed by atoms with Crippen molar-refractivity contribution in [1.82, 2.24) is 0 Å². The molecule has 0 atom stereocenters. The van der Waals surface area contributed by atoms with Gasteiger partial charge >= 0.3 is 0 Å². The minimum atomic E-state index is -0.0579. The molecule has 1 amide bonds. The molecular formula is C15H16N2OS. The molecule has 3 N–H and O–H groups in total. The van der Waals surface area contributed by atoms with Crippen molar-refractivity contribution in [3.63, 3.8) is 0 Å². The summed E-state index contributed by atoms with van der Waals surface area (Å²) in [6.45, 7) is 1.50. The first kappa shape index (κ1) is 13.5. The third kappa shape index (κ3) is 4.03. The van der Waals surface area contributed by atoms with E-state index in [4.69, 9.17) is 5.73 Å². The van der Waals surface area contributed by atoms with Crippen LogP contribution in [0.1, 0.15) is 12.5 Å². The standard InChI is InChI=1S/C15H16N2OS/c1-11(18)17-13-6-8-14(9-7-13)19-10-12-4-2-3-5-15(12)16/h2-9H,10,16H2,1H3,(H,17,18). The van der Waals surface area contributed by atoms with Crippen LogP contribution >= 0.6 is 11.8 Å². The maximum absolute atomic E-state index is 10.9. The number of nitrogen functional groups attached to an aromatic ring is 1. The van der Waals surface area contributed by atoms with Gasteiger partial charge in [0, 0.05) is 28.9 Å². The number of carbonyl (C=O) groups excluding carboxylic acids is 1. The Balaban J connectivity index is 1.97. The Morgan fingerprint density at radius 2 is 1.84 bits per heavy atom. The maximum atomic E-state index is 10.9. The normalized spacial score (nSPS) is 10.2. The number of hydrogen-bond donors (Lipinski definition) is 2. The van der Waals surface area contributed by atoms with E-state index in [0.717, 1.165) is 27.6 Å². The lowest BCUT2D eigenvalue weighted by molar-refractivity contribution is -0.114. The van der Waals surface area contributed by atoms with Gasteiger partial charge in [-0.15, -0.1) is 11.8 Å². The summed E-state index contributed by atoms with van der Waals surface area (Å²) in [6, 6.07) is 15.7. The molecule has 0 unspecified atom stereocenters. The number of carbonyl (C=O) groups is 1. The van der Waals surface area contributed by atoms with Crippen molar-refractivity contribution in [3.8, 4) is 0 Å². The molecule has 19 heavy (non-hydrogen) atoms. The van der Waals surface area contributed by atoms with Gasteiger partial charge < -0.3 is 11.1 Å². The van der Waals surface area contributed by atoms with Crippen molar-refractivity contribution in [2.24, 2.45) is 0 Å². The molecule has 0 aliphatic heterocycles. The summed E-state index contributed by atoms with van der Waals surface area (Å²) < 4.78 is 0. The van der Waals surface area contributed by atoms with Crippen LogP contribution in [0.15, 0.2) is 53.4 Å². The first-order valence-electron chi connectivity index (χ1n) is 5.99. The fraction of sp³-hybridized carbons (Fsp3) is 0.133. The van der Waals surface area contributed by atoms with Crippen LogP contribution in [0.5, 0.6) is 0 Å². The Hall–Kier alpha value is -1.94. The van der Waals surface area contributed by atoms with Gasteiger partial charge in [-0.1, -0.05) is 18.2 Å². The second-order valence-electron chi connectivity index (χ2n) is 4.19. The zero-order valence-corrected chi connectivity index (χ0v) is 11.5. The van der Waals surface area contributed by atoms with Crippen molar-refractivity contribution in [2.45, 2.75) is 17.6 Å². The van der Waals surface area contributed by atoms with Crippen molar-refractivity contribution >= 4 is 29.0 Å². The minimum Gasteiger partial charge on any atom is -0.398 e. The van der Waals surface area contributed by atoms with Crippen molar-refractivity contribution < 1.29 is 4.79 Å². The molecule has 0 aliphatic rings. The lowest BCUT2D eigenvalue weighted by Gasteiger charge is -2.06. The van der Waals surface area contributed by atoms with Crippen molar-refractivity contribution in [1.29, 1.82) is 0 Å². The minimum absolute atomic E-state index is 0.0579. The third-order valence-electron chi connectivity index (χ3n) is 2.62. The van der Waals surface area contributed by atoms with Crippen molar-refractivity contribution in [2.75, 3.05) is 11.1 Å². The molecule has 2 rings (SSSR count). The topological polar surface area (TPSA) is 55.1 Å². The molecule has 0 saturated heterocycles. The smallest absolute Gasteiger partial charge is 0.221 e. The number of hydrogen-bond acceptors (Lipinski definition) is 3. The molecule has 98 valence electrons. The summed E-state index contributed by atoms with van der Waals surface area (Å²) in [4.78, 5) is 12.1. The number of nitrogens with two attached hydrogens (primary N) is 1. The number of nitrogens with one attached hydrogen (secondary N) is 1. The SMILES string of the molecule is CC(=O)Nc1ccc(SCc2ccccc2N)cc1. The number of anilines is 2. The van der Waals surface area contributed by atoms with E-state index < -0.39 is 0 Å². The zero-order valence-electron chi connectivity index (χ0n) is 10.7. The number of para-hydroxylation sites is 1. The Kier molecular flexibility index (Phi) is 4.47. The van der Waals surface area contributed by atoms with Crippen LogP contribution < -0.4 is 11.1 Å². The molecule has 0 radical (unpaired) electrons. The Morgan fingerprint density at radius 3 is 2.47 bits per heavy atom. The molecule has 0 aromatic heterocycles. The highest BCUT2D eigenvalue weighted by atomic mass is 32.2. The molecule has 2 aromatic rings. The Labute approximate surface area is 117 Å². The third-order valence-corrected chi connectivity index (χ3v) is 3.68. The first-order valence-corrected chi connectivity index (χ1v) is 6.97. The van der Waals surface area contributed by atoms with E-state index in [1.165, 1.54) is 6.92 Å². The van der Waals surface area contributed by atoms with Gasteiger partial charge in [-0.05, 0) is 35.9 Å². The summed E-state index contributed by atoms with van der Waals surface area (Å²) in [5, 5.41) is 2.75. The van der Waals surface area contributed by atoms with Crippen LogP contribution in [-0.4, -0.2) is 5.91 Å². The highest BCUT2D eigenvalue weighted by Gasteiger charge is 2.00. The Morgan fingerprint density at radius 1 is 1.16 bits per heavy atom. The summed E-state index contributed by atoms with van der Waals surface area (Å²) in [6.07, 6.45) is 0. The van der Waals surface area contributed by atoms with Gasteiger partial charge in [0.2, 0.25) is 5.91 Å². The molecular weight excluding hydrogens is 256 g/mol. The van der Waals surface area contributed by atoms with E-state index >= 15 is 0 Å². The fourth-order valence-corrected chi connectivity index (χ4v) is 2.58. The van der Waals surface area contributed by atoms with Crippen LogP contribution in [0, 0.1) is 0 Å². The fourth-order valence-electron chi connectivity index (χ4n) is 1.66. The lowest BCUT2D eigenvalue weighted by atomic mass is 10.2. The van der Waals surface area contributed by atoms with E-state index in [0.29, 0.717) is 0 Å². The summed E-state index contributed by atoms with van der Waals surface area (Å²) >= 11 is 1.72. The molecule has 0 bridgehead atoms. The van der Waals surface area contributed by atoms with Gasteiger partial charge in [0.15, 0.2) is 0 Å². The molecule has 0 aliphatic carbocycles. The number of rotatable bonds is 4.